The van der Waals surface area contributed by atoms with Crippen molar-refractivity contribution in [1.29, 1.82) is 0 Å². The number of para-hydroxylation sites is 1. The summed E-state index contributed by atoms with van der Waals surface area (Å²) in [7, 11) is 1.61. The third-order valence-electron chi connectivity index (χ3n) is 6.28. The van der Waals surface area contributed by atoms with Gasteiger partial charge < -0.3 is 24.8 Å². The van der Waals surface area contributed by atoms with Gasteiger partial charge in [0.15, 0.2) is 11.5 Å². The number of methoxy groups -OCH3 is 1. The molecule has 0 aromatic heterocycles. The number of fused-ring (bicyclic) bond motifs is 4. The molecule has 5 aromatic carbocycles. The van der Waals surface area contributed by atoms with Crippen LogP contribution in [0, 0.1) is 0 Å². The molecular weight excluding hydrogens is 612 g/mol. The summed E-state index contributed by atoms with van der Waals surface area (Å²) in [6, 6.07) is 26.8. The van der Waals surface area contributed by atoms with E-state index < -0.39 is 5.97 Å². The summed E-state index contributed by atoms with van der Waals surface area (Å²) >= 11 is 11.9. The maximum atomic E-state index is 12.3. The van der Waals surface area contributed by atoms with Crippen LogP contribution in [-0.2, 0) is 4.79 Å². The Morgan fingerprint density at radius 2 is 1.60 bits per heavy atom. The first-order valence-electron chi connectivity index (χ1n) is 12.3. The van der Waals surface area contributed by atoms with Gasteiger partial charge in [0.25, 0.3) is 0 Å². The van der Waals surface area contributed by atoms with Crippen LogP contribution in [0.15, 0.2) is 99.2 Å². The van der Waals surface area contributed by atoms with Crippen LogP contribution in [0.2, 0.25) is 5.02 Å². The van der Waals surface area contributed by atoms with Gasteiger partial charge in [-0.3, -0.25) is 4.79 Å². The number of anilines is 4. The summed E-state index contributed by atoms with van der Waals surface area (Å²) < 4.78 is 18.7. The highest BCUT2D eigenvalue weighted by Crippen LogP contribution is 2.60. The molecule has 9 heteroatoms. The van der Waals surface area contributed by atoms with E-state index in [-0.39, 0.29) is 0 Å². The molecule has 0 fully saturated rings. The second-order valence-electron chi connectivity index (χ2n) is 8.92. The van der Waals surface area contributed by atoms with Gasteiger partial charge in [0.2, 0.25) is 0 Å². The molecular formula is C31H22BrClN2O4S. The van der Waals surface area contributed by atoms with Crippen molar-refractivity contribution < 1.29 is 19.0 Å². The molecule has 0 aliphatic carbocycles. The predicted octanol–water partition coefficient (Wildman–Crippen LogP) is 9.93. The van der Waals surface area contributed by atoms with Crippen LogP contribution in [0.4, 0.5) is 22.7 Å². The van der Waals surface area contributed by atoms with Crippen LogP contribution in [0.1, 0.15) is 6.92 Å². The van der Waals surface area contributed by atoms with E-state index in [1.165, 1.54) is 18.7 Å². The van der Waals surface area contributed by atoms with E-state index in [9.17, 15) is 4.79 Å². The fourth-order valence-corrected chi connectivity index (χ4v) is 6.26. The van der Waals surface area contributed by atoms with E-state index in [0.29, 0.717) is 33.7 Å². The first kappa shape index (κ1) is 26.4. The number of halogens is 2. The van der Waals surface area contributed by atoms with E-state index in [4.69, 9.17) is 25.8 Å². The molecule has 0 saturated carbocycles. The van der Waals surface area contributed by atoms with Gasteiger partial charge in [-0.15, -0.1) is 0 Å². The molecule has 200 valence electrons. The Hall–Kier alpha value is -3.85. The number of rotatable bonds is 6. The van der Waals surface area contributed by atoms with Crippen LogP contribution in [-0.4, -0.2) is 13.1 Å². The number of benzene rings is 5. The average molecular weight is 634 g/mol. The van der Waals surface area contributed by atoms with Crippen molar-refractivity contribution in [3.8, 4) is 23.0 Å². The largest absolute Gasteiger partial charge is 0.494 e. The third-order valence-corrected chi connectivity index (χ3v) is 8.52. The number of carbonyl (C=O) groups is 1. The van der Waals surface area contributed by atoms with Crippen molar-refractivity contribution in [2.75, 3.05) is 17.7 Å². The number of hydrogen-bond donors (Lipinski definition) is 2. The number of nitrogens with one attached hydrogen (secondary N) is 2. The minimum atomic E-state index is -0.420. The average Bonchev–Trinajstić information content (AvgIpc) is 2.97. The van der Waals surface area contributed by atoms with E-state index in [2.05, 4.69) is 26.6 Å². The first-order chi connectivity index (χ1) is 19.4. The lowest BCUT2D eigenvalue weighted by molar-refractivity contribution is -0.131. The Morgan fingerprint density at radius 1 is 0.900 bits per heavy atom. The SMILES string of the molecule is COc1cc(Oc2ccccc2)c(Cl)c2c1Nc1c(c(Nc3ccc(Br)cc3)c(OC(C)=O)c3ccccc13)S2. The molecule has 0 radical (unpaired) electrons. The molecule has 0 saturated heterocycles. The second kappa shape index (κ2) is 11.0. The summed E-state index contributed by atoms with van der Waals surface area (Å²) in [5, 5.41) is 9.17. The second-order valence-corrected chi connectivity index (χ2v) is 11.2. The van der Waals surface area contributed by atoms with Crippen molar-refractivity contribution in [3.63, 3.8) is 0 Å². The molecule has 0 atom stereocenters. The van der Waals surface area contributed by atoms with Crippen molar-refractivity contribution in [1.82, 2.24) is 0 Å². The van der Waals surface area contributed by atoms with Crippen molar-refractivity contribution in [2.24, 2.45) is 0 Å². The van der Waals surface area contributed by atoms with Crippen molar-refractivity contribution >= 4 is 78.8 Å². The Labute approximate surface area is 248 Å². The Morgan fingerprint density at radius 3 is 2.30 bits per heavy atom. The molecule has 0 bridgehead atoms. The zero-order chi connectivity index (χ0) is 27.8. The van der Waals surface area contributed by atoms with Crippen LogP contribution >= 0.6 is 39.3 Å². The first-order valence-corrected chi connectivity index (χ1v) is 14.3. The predicted molar refractivity (Wildman–Crippen MR) is 165 cm³/mol. The highest BCUT2D eigenvalue weighted by Gasteiger charge is 2.31. The van der Waals surface area contributed by atoms with E-state index in [1.54, 1.807) is 13.2 Å². The highest BCUT2D eigenvalue weighted by atomic mass is 79.9. The lowest BCUT2D eigenvalue weighted by Crippen LogP contribution is -2.10. The van der Waals surface area contributed by atoms with Gasteiger partial charge in [-0.2, -0.15) is 0 Å². The number of carbonyl (C=O) groups excluding carboxylic acids is 1. The number of hydrogen-bond acceptors (Lipinski definition) is 7. The maximum Gasteiger partial charge on any atom is 0.308 e. The van der Waals surface area contributed by atoms with Crippen molar-refractivity contribution in [3.05, 3.63) is 94.4 Å². The van der Waals surface area contributed by atoms with E-state index in [1.807, 2.05) is 78.9 Å². The fourth-order valence-electron chi connectivity index (χ4n) is 4.53. The summed E-state index contributed by atoms with van der Waals surface area (Å²) in [6.07, 6.45) is 0. The maximum absolute atomic E-state index is 12.3. The van der Waals surface area contributed by atoms with E-state index >= 15 is 0 Å². The van der Waals surface area contributed by atoms with Gasteiger partial charge in [0, 0.05) is 33.9 Å². The van der Waals surface area contributed by atoms with Gasteiger partial charge in [0.05, 0.1) is 39.0 Å². The molecule has 5 aromatic rings. The van der Waals surface area contributed by atoms with Crippen LogP contribution < -0.4 is 24.8 Å². The minimum absolute atomic E-state index is 0.420. The van der Waals surface area contributed by atoms with Crippen LogP contribution in [0.25, 0.3) is 10.8 Å². The van der Waals surface area contributed by atoms with Crippen LogP contribution in [0.3, 0.4) is 0 Å². The molecule has 1 aliphatic heterocycles. The van der Waals surface area contributed by atoms with Gasteiger partial charge in [-0.05, 0) is 36.4 Å². The van der Waals surface area contributed by atoms with Crippen molar-refractivity contribution in [2.45, 2.75) is 16.7 Å². The number of esters is 1. The highest BCUT2D eigenvalue weighted by molar-refractivity contribution is 9.10. The lowest BCUT2D eigenvalue weighted by atomic mass is 10.0. The molecule has 1 heterocycles. The molecule has 0 unspecified atom stereocenters. The molecule has 0 spiro atoms. The molecule has 2 N–H and O–H groups in total. The molecule has 6 rings (SSSR count). The standard InChI is InChI=1S/C31H22BrClN2O4S/c1-17(36)38-29-22-11-7-6-10-21(22)26-31(28(29)34-19-14-12-18(32)13-15-19)40-30-25(33)23(16-24(37-2)27(30)35-26)39-20-8-4-3-5-9-20/h3-16,34-35H,1-2H3. The van der Waals surface area contributed by atoms with Gasteiger partial charge in [-0.1, -0.05) is 81.8 Å². The lowest BCUT2D eigenvalue weighted by Gasteiger charge is -2.29. The summed E-state index contributed by atoms with van der Waals surface area (Å²) in [4.78, 5) is 13.8. The molecule has 6 nitrogen and oxygen atoms in total. The van der Waals surface area contributed by atoms with Gasteiger partial charge in [0.1, 0.15) is 11.5 Å². The normalized spacial score (nSPS) is 11.7. The monoisotopic (exact) mass is 632 g/mol. The quantitative estimate of drug-likeness (QED) is 0.140. The summed E-state index contributed by atoms with van der Waals surface area (Å²) in [6.45, 7) is 1.40. The summed E-state index contributed by atoms with van der Waals surface area (Å²) in [5.41, 5.74) is 3.03. The third kappa shape index (κ3) is 4.94. The van der Waals surface area contributed by atoms with E-state index in [0.717, 1.165) is 42.1 Å². The molecule has 40 heavy (non-hydrogen) atoms. The van der Waals surface area contributed by atoms with Crippen LogP contribution in [0.5, 0.6) is 23.0 Å². The Kier molecular flexibility index (Phi) is 7.23. The Bertz CT molecular complexity index is 1760. The van der Waals surface area contributed by atoms with Gasteiger partial charge in [-0.25, -0.2) is 0 Å². The fraction of sp³-hybridized carbons (Fsp3) is 0.0645. The summed E-state index contributed by atoms with van der Waals surface area (Å²) in [5.74, 6) is 1.71. The smallest absolute Gasteiger partial charge is 0.308 e. The zero-order valence-electron chi connectivity index (χ0n) is 21.4. The van der Waals surface area contributed by atoms with Gasteiger partial charge >= 0.3 is 5.97 Å². The topological polar surface area (TPSA) is 68.8 Å². The zero-order valence-corrected chi connectivity index (χ0v) is 24.5. The molecule has 0 amide bonds. The molecule has 1 aliphatic rings. The minimum Gasteiger partial charge on any atom is -0.494 e. The Balaban J connectivity index is 1.56. The number of ether oxygens (including phenoxy) is 3.